The van der Waals surface area contributed by atoms with Gasteiger partial charge < -0.3 is 60.1 Å². The summed E-state index contributed by atoms with van der Waals surface area (Å²) in [6.45, 7) is 2.76. The number of benzene rings is 2. The largest absolute Gasteiger partial charge is 0.461 e. The molecular weight excluding hydrogens is 1110 g/mol. The molecule has 6 atom stereocenters. The fraction of sp³-hybridized carbons (Fsp3) is 0.500. The van der Waals surface area contributed by atoms with Crippen molar-refractivity contribution in [1.82, 2.24) is 60.6 Å². The van der Waals surface area contributed by atoms with Crippen molar-refractivity contribution in [3.05, 3.63) is 84.4 Å². The fourth-order valence-electron chi connectivity index (χ4n) is 10.9. The van der Waals surface area contributed by atoms with E-state index >= 15 is 0 Å². The summed E-state index contributed by atoms with van der Waals surface area (Å²) in [7, 11) is 5.30. The molecule has 0 unspecified atom stereocenters. The van der Waals surface area contributed by atoms with Gasteiger partial charge in [-0.15, -0.1) is 0 Å². The van der Waals surface area contributed by atoms with Crippen molar-refractivity contribution in [1.29, 1.82) is 0 Å². The number of esters is 2. The predicted molar refractivity (Wildman–Crippen MR) is 311 cm³/mol. The molecule has 0 spiro atoms. The van der Waals surface area contributed by atoms with E-state index < -0.39 is 158 Å². The zero-order valence-corrected chi connectivity index (χ0v) is 49.7. The highest BCUT2D eigenvalue weighted by atomic mass is 16.5. The number of hydrogen-bond acceptors (Lipinski definition) is 16. The van der Waals surface area contributed by atoms with Crippen molar-refractivity contribution < 1.29 is 67.0 Å². The van der Waals surface area contributed by atoms with E-state index in [4.69, 9.17) is 9.47 Å². The Kier molecular flexibility index (Phi) is 21.8. The number of nitrogens with zero attached hydrogens (tertiary/aromatic N) is 8. The van der Waals surface area contributed by atoms with Crippen LogP contribution in [-0.4, -0.2) is 227 Å². The van der Waals surface area contributed by atoms with E-state index in [9.17, 15) is 57.5 Å². The number of piperidine rings is 2. The van der Waals surface area contributed by atoms with Gasteiger partial charge in [0.2, 0.25) is 47.3 Å². The number of aromatic nitrogens is 2. The summed E-state index contributed by atoms with van der Waals surface area (Å²) < 4.78 is 11.6. The van der Waals surface area contributed by atoms with E-state index in [0.717, 1.165) is 19.6 Å². The number of pyridine rings is 2. The van der Waals surface area contributed by atoms with E-state index in [1.165, 1.54) is 50.4 Å². The summed E-state index contributed by atoms with van der Waals surface area (Å²) in [5.41, 5.74) is -0.0782. The number of amides is 10. The van der Waals surface area contributed by atoms with Crippen molar-refractivity contribution in [2.45, 2.75) is 102 Å². The van der Waals surface area contributed by atoms with Crippen LogP contribution in [0.1, 0.15) is 87.2 Å². The normalized spacial score (nSPS) is 23.2. The van der Waals surface area contributed by atoms with Crippen LogP contribution in [0.3, 0.4) is 0 Å². The lowest BCUT2D eigenvalue weighted by atomic mass is 10.00. The molecule has 0 aliphatic carbocycles. The number of ether oxygens (including phenoxy) is 2. The van der Waals surface area contributed by atoms with Gasteiger partial charge in [-0.3, -0.25) is 57.9 Å². The first-order chi connectivity index (χ1) is 41.0. The third-order valence-electron chi connectivity index (χ3n) is 15.7. The Morgan fingerprint density at radius 2 is 0.895 bits per heavy atom. The van der Waals surface area contributed by atoms with Gasteiger partial charge in [-0.1, -0.05) is 76.2 Å². The van der Waals surface area contributed by atoms with E-state index in [0.29, 0.717) is 47.2 Å². The van der Waals surface area contributed by atoms with E-state index in [-0.39, 0.29) is 37.3 Å². The summed E-state index contributed by atoms with van der Waals surface area (Å²) in [5.74, 6) is -10.6. The molecule has 7 rings (SSSR count). The fourth-order valence-corrected chi connectivity index (χ4v) is 10.9. The van der Waals surface area contributed by atoms with Crippen LogP contribution in [0.25, 0.3) is 21.5 Å². The zero-order chi connectivity index (χ0) is 62.5. The Morgan fingerprint density at radius 1 is 0.523 bits per heavy atom. The maximum Gasteiger partial charge on any atom is 0.329 e. The Bertz CT molecular complexity index is 3030. The highest BCUT2D eigenvalue weighted by Gasteiger charge is 2.42. The van der Waals surface area contributed by atoms with Crippen molar-refractivity contribution in [3.63, 3.8) is 0 Å². The molecule has 460 valence electrons. The molecule has 26 nitrogen and oxygen atoms in total. The number of carbonyl (C=O) groups excluding carboxylic acids is 12. The van der Waals surface area contributed by atoms with Crippen molar-refractivity contribution in [3.8, 4) is 0 Å². The lowest BCUT2D eigenvalue weighted by Crippen LogP contribution is -2.59. The van der Waals surface area contributed by atoms with Gasteiger partial charge in [-0.2, -0.15) is 0 Å². The minimum atomic E-state index is -1.61. The summed E-state index contributed by atoms with van der Waals surface area (Å²) >= 11 is 0. The van der Waals surface area contributed by atoms with Gasteiger partial charge in [0.25, 0.3) is 11.8 Å². The van der Waals surface area contributed by atoms with E-state index in [1.807, 2.05) is 0 Å². The third kappa shape index (κ3) is 15.4. The van der Waals surface area contributed by atoms with Crippen LogP contribution in [0.2, 0.25) is 0 Å². The van der Waals surface area contributed by atoms with Gasteiger partial charge >= 0.3 is 11.9 Å². The van der Waals surface area contributed by atoms with Crippen molar-refractivity contribution >= 4 is 92.6 Å². The van der Waals surface area contributed by atoms with Gasteiger partial charge in [-0.05, 0) is 73.3 Å². The standard InChI is InChI=1S/C60H76N12O14/c1-35(2)51-59(83)85-33-41(65-55(79)49-39-19-11-9-17-37(39)23-25-61-49)57(81)71-27-15-13-21-43(71)53(77)64-30-46(74)68(6)32-48(76)70(8)52(36(3)4)60(84)86-34-42(66-56(80)50-40-20-12-10-18-38(40)24-26-62-50)58(82)72-28-16-14-22-44(72)54(78)63-29-45(73)67(5)31-47(75)69(51)7/h9-12,17-20,23-26,35-36,41-44,51-52H,13-16,21-22,27-34H2,1-8H3,(H,63,78)(H,64,77)(H,65,79)(H,66,80)/t41-,42-,43+,44+,51+,52+/m1/s1. The van der Waals surface area contributed by atoms with Crippen LogP contribution in [0, 0.1) is 11.8 Å². The topological polar surface area (TPSA) is 317 Å². The predicted octanol–water partition coefficient (Wildman–Crippen LogP) is 0.657. The number of likely N-dealkylation sites (N-methyl/N-ethyl adjacent to an activating group) is 4. The van der Waals surface area contributed by atoms with Gasteiger partial charge in [0.05, 0.1) is 26.2 Å². The molecular formula is C60H76N12O14. The van der Waals surface area contributed by atoms with Crippen LogP contribution >= 0.6 is 0 Å². The van der Waals surface area contributed by atoms with E-state index in [1.54, 1.807) is 88.4 Å². The number of hydrogen-bond donors (Lipinski definition) is 4. The van der Waals surface area contributed by atoms with Crippen LogP contribution < -0.4 is 21.3 Å². The molecule has 0 bridgehead atoms. The molecule has 3 saturated heterocycles. The number of cyclic esters (lactones) is 2. The van der Waals surface area contributed by atoms with Gasteiger partial charge in [0, 0.05) is 64.4 Å². The smallest absolute Gasteiger partial charge is 0.329 e. The van der Waals surface area contributed by atoms with Crippen LogP contribution in [0.15, 0.2) is 73.1 Å². The minimum Gasteiger partial charge on any atom is -0.461 e. The van der Waals surface area contributed by atoms with Crippen LogP contribution in [0.4, 0.5) is 0 Å². The second-order valence-corrected chi connectivity index (χ2v) is 22.5. The Labute approximate surface area is 498 Å². The Morgan fingerprint density at radius 3 is 1.27 bits per heavy atom. The SMILES string of the molecule is CC(C)[C@H]1C(=O)OC[C@@H](NC(=O)c2nccc3ccccc23)C(=O)N2CCCC[C@H]2C(=O)NCC(=O)N(C)CC(=O)N(C)[C@@H](C(C)C)C(=O)OC[C@@H](NC(=O)c2nccc3ccccc23)C(=O)N2CCCC[C@H]2C(=O)NCC(=O)N(C)CC(=O)N1C. The molecule has 10 amide bonds. The molecule has 86 heavy (non-hydrogen) atoms. The van der Waals surface area contributed by atoms with Gasteiger partial charge in [-0.25, -0.2) is 9.59 Å². The quantitative estimate of drug-likeness (QED) is 0.193. The Balaban J connectivity index is 1.17. The van der Waals surface area contributed by atoms with E-state index in [2.05, 4.69) is 31.2 Å². The molecule has 0 radical (unpaired) electrons. The summed E-state index contributed by atoms with van der Waals surface area (Å²) in [5, 5.41) is 12.8. The number of carbonyl (C=O) groups is 12. The molecule has 26 heteroatoms. The van der Waals surface area contributed by atoms with Gasteiger partial charge in [0.15, 0.2) is 0 Å². The zero-order valence-electron chi connectivity index (χ0n) is 49.7. The summed E-state index contributed by atoms with van der Waals surface area (Å²) in [6, 6.07) is 9.12. The average molecular weight is 1190 g/mol. The third-order valence-corrected chi connectivity index (χ3v) is 15.7. The van der Waals surface area contributed by atoms with Gasteiger partial charge in [0.1, 0.15) is 60.9 Å². The summed E-state index contributed by atoms with van der Waals surface area (Å²) in [4.78, 5) is 185. The lowest BCUT2D eigenvalue weighted by Gasteiger charge is -2.37. The monoisotopic (exact) mass is 1190 g/mol. The highest BCUT2D eigenvalue weighted by Crippen LogP contribution is 2.24. The maximum atomic E-state index is 14.8. The molecule has 2 aromatic heterocycles. The first kappa shape index (κ1) is 64.5. The second kappa shape index (κ2) is 29.1. The van der Waals surface area contributed by atoms with Crippen LogP contribution in [0.5, 0.6) is 0 Å². The molecule has 4 aromatic rings. The number of rotatable bonds is 6. The minimum absolute atomic E-state index is 0.0346. The molecule has 0 saturated carbocycles. The summed E-state index contributed by atoms with van der Waals surface area (Å²) in [6.07, 6.45) is 5.05. The van der Waals surface area contributed by atoms with Crippen LogP contribution in [-0.2, 0) is 57.4 Å². The first-order valence-electron chi connectivity index (χ1n) is 28.8. The number of fused-ring (bicyclic) bond motifs is 4. The van der Waals surface area contributed by atoms with Crippen molar-refractivity contribution in [2.75, 3.05) is 80.7 Å². The number of nitrogens with one attached hydrogen (secondary N) is 4. The van der Waals surface area contributed by atoms with Crippen molar-refractivity contribution in [2.24, 2.45) is 11.8 Å². The molecule has 3 aliphatic heterocycles. The Hall–Kier alpha value is -9.10. The molecule has 5 heterocycles. The molecule has 3 fully saturated rings. The second-order valence-electron chi connectivity index (χ2n) is 22.5. The maximum absolute atomic E-state index is 14.8. The molecule has 4 N–H and O–H groups in total. The average Bonchev–Trinajstić information content (AvgIpc) is 1.96. The first-order valence-corrected chi connectivity index (χ1v) is 28.8. The highest BCUT2D eigenvalue weighted by molar-refractivity contribution is 6.08. The lowest BCUT2D eigenvalue weighted by molar-refractivity contribution is -0.159. The molecule has 2 aromatic carbocycles. The molecule has 3 aliphatic rings.